The van der Waals surface area contributed by atoms with Crippen LogP contribution >= 0.6 is 0 Å². The Labute approximate surface area is 222 Å². The molecule has 1 saturated heterocycles. The predicted octanol–water partition coefficient (Wildman–Crippen LogP) is 5.79. The molecule has 1 aromatic heterocycles. The Hall–Kier alpha value is -3.89. The molecule has 38 heavy (non-hydrogen) atoms. The minimum atomic E-state index is -0.403. The Morgan fingerprint density at radius 2 is 1.97 bits per heavy atom. The molecule has 1 aliphatic heterocycles. The monoisotopic (exact) mass is 515 g/mol. The van der Waals surface area contributed by atoms with E-state index >= 15 is 4.39 Å². The standard InChI is InChI=1S/C31H30FNO5/c1-3-4-21(16-30(34)35-2)20-5-7-23(8-6-20)38-29-12-10-27-26(9-11-28(32)31(27)29)22-15-25(18-33-17-22)37-24-13-14-36-19-24/h5-9,11,15,17-18,21,24,29H,10,12-14,16,19H2,1-2H3/t21?,24?,29-/m1/s1. The van der Waals surface area contributed by atoms with E-state index in [1.807, 2.05) is 30.3 Å². The van der Waals surface area contributed by atoms with Crippen molar-refractivity contribution < 1.29 is 28.1 Å². The minimum Gasteiger partial charge on any atom is -0.486 e. The van der Waals surface area contributed by atoms with E-state index in [9.17, 15) is 4.79 Å². The highest BCUT2D eigenvalue weighted by molar-refractivity contribution is 5.71. The maximum atomic E-state index is 15.1. The number of methoxy groups -OCH3 is 1. The molecule has 2 unspecified atom stereocenters. The Morgan fingerprint density at radius 3 is 2.71 bits per heavy atom. The number of carbonyl (C=O) groups is 1. The topological polar surface area (TPSA) is 66.9 Å². The molecule has 2 heterocycles. The summed E-state index contributed by atoms with van der Waals surface area (Å²) in [5.74, 6) is 6.40. The van der Waals surface area contributed by atoms with Crippen LogP contribution in [0.3, 0.4) is 0 Å². The second kappa shape index (κ2) is 11.7. The van der Waals surface area contributed by atoms with Crippen LogP contribution in [0.5, 0.6) is 11.5 Å². The van der Waals surface area contributed by atoms with E-state index in [1.54, 1.807) is 25.4 Å². The molecule has 7 heteroatoms. The highest BCUT2D eigenvalue weighted by Crippen LogP contribution is 2.42. The van der Waals surface area contributed by atoms with Crippen molar-refractivity contribution in [1.82, 2.24) is 4.98 Å². The number of aromatic nitrogens is 1. The zero-order valence-corrected chi connectivity index (χ0v) is 21.5. The lowest BCUT2D eigenvalue weighted by atomic mass is 9.96. The van der Waals surface area contributed by atoms with Gasteiger partial charge in [0.2, 0.25) is 0 Å². The Kier molecular flexibility index (Phi) is 7.90. The average molecular weight is 516 g/mol. The molecule has 196 valence electrons. The van der Waals surface area contributed by atoms with Crippen LogP contribution < -0.4 is 9.47 Å². The molecule has 3 aromatic rings. The molecule has 2 aliphatic rings. The van der Waals surface area contributed by atoms with Crippen LogP contribution in [0, 0.1) is 17.7 Å². The van der Waals surface area contributed by atoms with Crippen molar-refractivity contribution in [3.05, 3.63) is 77.4 Å². The van der Waals surface area contributed by atoms with Gasteiger partial charge in [-0.1, -0.05) is 24.1 Å². The van der Waals surface area contributed by atoms with Gasteiger partial charge in [0.15, 0.2) is 0 Å². The van der Waals surface area contributed by atoms with Crippen LogP contribution in [0.15, 0.2) is 54.9 Å². The number of benzene rings is 2. The first-order valence-electron chi connectivity index (χ1n) is 12.8. The van der Waals surface area contributed by atoms with E-state index in [1.165, 1.54) is 13.2 Å². The van der Waals surface area contributed by atoms with Gasteiger partial charge in [0.1, 0.15) is 29.5 Å². The number of hydrogen-bond acceptors (Lipinski definition) is 6. The summed E-state index contributed by atoms with van der Waals surface area (Å²) >= 11 is 0. The van der Waals surface area contributed by atoms with Crippen molar-refractivity contribution in [3.63, 3.8) is 0 Å². The smallest absolute Gasteiger partial charge is 0.307 e. The van der Waals surface area contributed by atoms with Gasteiger partial charge in [0, 0.05) is 23.7 Å². The van der Waals surface area contributed by atoms with Gasteiger partial charge < -0.3 is 18.9 Å². The summed E-state index contributed by atoms with van der Waals surface area (Å²) < 4.78 is 37.6. The third kappa shape index (κ3) is 5.66. The van der Waals surface area contributed by atoms with Crippen molar-refractivity contribution in [1.29, 1.82) is 0 Å². The molecule has 0 radical (unpaired) electrons. The SMILES string of the molecule is CC#CC(CC(=O)OC)c1ccc(O[C@@H]2CCc3c(-c4cncc(OC5CCOC5)c4)ccc(F)c32)cc1. The zero-order valence-electron chi connectivity index (χ0n) is 21.5. The summed E-state index contributed by atoms with van der Waals surface area (Å²) in [4.78, 5) is 16.1. The van der Waals surface area contributed by atoms with E-state index in [4.69, 9.17) is 18.9 Å². The summed E-state index contributed by atoms with van der Waals surface area (Å²) in [7, 11) is 1.37. The fourth-order valence-electron chi connectivity index (χ4n) is 5.11. The van der Waals surface area contributed by atoms with Crippen LogP contribution in [0.2, 0.25) is 0 Å². The summed E-state index contributed by atoms with van der Waals surface area (Å²) in [6, 6.07) is 12.7. The Balaban J connectivity index is 1.35. The van der Waals surface area contributed by atoms with Crippen molar-refractivity contribution >= 4 is 5.97 Å². The lowest BCUT2D eigenvalue weighted by Crippen LogP contribution is -2.15. The molecule has 3 atom stereocenters. The summed E-state index contributed by atoms with van der Waals surface area (Å²) in [5.41, 5.74) is 4.24. The number of fused-ring (bicyclic) bond motifs is 1. The molecule has 0 bridgehead atoms. The number of ether oxygens (including phenoxy) is 4. The lowest BCUT2D eigenvalue weighted by molar-refractivity contribution is -0.140. The molecule has 5 rings (SSSR count). The third-order valence-corrected chi connectivity index (χ3v) is 6.98. The number of carbonyl (C=O) groups excluding carboxylic acids is 1. The second-order valence-corrected chi connectivity index (χ2v) is 9.44. The quantitative estimate of drug-likeness (QED) is 0.279. The molecule has 1 fully saturated rings. The van der Waals surface area contributed by atoms with E-state index in [-0.39, 0.29) is 30.2 Å². The van der Waals surface area contributed by atoms with Gasteiger partial charge in [-0.15, -0.1) is 5.92 Å². The number of hydrogen-bond donors (Lipinski definition) is 0. The molecule has 2 aromatic carbocycles. The maximum Gasteiger partial charge on any atom is 0.307 e. The van der Waals surface area contributed by atoms with E-state index < -0.39 is 6.10 Å². The zero-order chi connectivity index (χ0) is 26.5. The van der Waals surface area contributed by atoms with Gasteiger partial charge in [-0.2, -0.15) is 0 Å². The van der Waals surface area contributed by atoms with Crippen molar-refractivity contribution in [3.8, 4) is 34.5 Å². The fraction of sp³-hybridized carbons (Fsp3) is 0.355. The molecule has 6 nitrogen and oxygen atoms in total. The number of nitrogens with zero attached hydrogens (tertiary/aromatic N) is 1. The summed E-state index contributed by atoms with van der Waals surface area (Å²) in [6.07, 6.45) is 5.50. The first-order chi connectivity index (χ1) is 18.6. The molecule has 0 saturated carbocycles. The fourth-order valence-corrected chi connectivity index (χ4v) is 5.11. The number of rotatable bonds is 8. The van der Waals surface area contributed by atoms with Crippen molar-refractivity contribution in [2.24, 2.45) is 0 Å². The highest BCUT2D eigenvalue weighted by Gasteiger charge is 2.30. The highest BCUT2D eigenvalue weighted by atomic mass is 19.1. The minimum absolute atomic E-state index is 0.0277. The molecule has 0 amide bonds. The molecular weight excluding hydrogens is 485 g/mol. The predicted molar refractivity (Wildman–Crippen MR) is 140 cm³/mol. The molecular formula is C31H30FNO5. The Morgan fingerprint density at radius 1 is 1.13 bits per heavy atom. The number of pyridine rings is 1. The van der Waals surface area contributed by atoms with Gasteiger partial charge in [-0.25, -0.2) is 4.39 Å². The normalized spacial score (nSPS) is 18.7. The van der Waals surface area contributed by atoms with Crippen molar-refractivity contribution in [2.45, 2.75) is 50.7 Å². The van der Waals surface area contributed by atoms with E-state index in [2.05, 4.69) is 16.8 Å². The van der Waals surface area contributed by atoms with Gasteiger partial charge in [0.05, 0.1) is 38.9 Å². The van der Waals surface area contributed by atoms with Crippen LogP contribution in [0.1, 0.15) is 54.9 Å². The van der Waals surface area contributed by atoms with Gasteiger partial charge in [0.25, 0.3) is 0 Å². The van der Waals surface area contributed by atoms with Gasteiger partial charge in [-0.3, -0.25) is 9.78 Å². The van der Waals surface area contributed by atoms with Crippen LogP contribution in [0.4, 0.5) is 4.39 Å². The molecule has 1 aliphatic carbocycles. The first-order valence-corrected chi connectivity index (χ1v) is 12.8. The van der Waals surface area contributed by atoms with Crippen LogP contribution in [-0.4, -0.2) is 37.4 Å². The van der Waals surface area contributed by atoms with Crippen LogP contribution in [0.25, 0.3) is 11.1 Å². The van der Waals surface area contributed by atoms with Crippen molar-refractivity contribution in [2.75, 3.05) is 20.3 Å². The average Bonchev–Trinajstić information content (AvgIpc) is 3.60. The second-order valence-electron chi connectivity index (χ2n) is 9.44. The summed E-state index contributed by atoms with van der Waals surface area (Å²) in [5, 5.41) is 0. The third-order valence-electron chi connectivity index (χ3n) is 6.98. The van der Waals surface area contributed by atoms with E-state index in [0.29, 0.717) is 43.1 Å². The van der Waals surface area contributed by atoms with Gasteiger partial charge >= 0.3 is 5.97 Å². The van der Waals surface area contributed by atoms with Crippen LogP contribution in [-0.2, 0) is 20.7 Å². The van der Waals surface area contributed by atoms with Gasteiger partial charge in [-0.05, 0) is 60.7 Å². The number of esters is 1. The Bertz CT molecular complexity index is 1350. The largest absolute Gasteiger partial charge is 0.486 e. The lowest BCUT2D eigenvalue weighted by Gasteiger charge is -2.18. The van der Waals surface area contributed by atoms with E-state index in [0.717, 1.165) is 28.7 Å². The maximum absolute atomic E-state index is 15.1. The first kappa shape index (κ1) is 25.7. The molecule has 0 N–H and O–H groups in total. The number of halogens is 1. The summed E-state index contributed by atoms with van der Waals surface area (Å²) in [6.45, 7) is 3.02. The molecule has 0 spiro atoms.